The fraction of sp³-hybridized carbons (Fsp3) is 0.350. The highest BCUT2D eigenvalue weighted by molar-refractivity contribution is 7.18. The highest BCUT2D eigenvalue weighted by Gasteiger charge is 2.18. The molecule has 28 heavy (non-hydrogen) atoms. The molecule has 1 aliphatic rings. The van der Waals surface area contributed by atoms with Crippen LogP contribution in [0.5, 0.6) is 11.5 Å². The number of nitrogens with zero attached hydrogens (tertiary/aromatic N) is 3. The molecule has 7 nitrogen and oxygen atoms in total. The summed E-state index contributed by atoms with van der Waals surface area (Å²) in [6, 6.07) is 7.53. The van der Waals surface area contributed by atoms with E-state index in [0.29, 0.717) is 30.0 Å². The molecule has 0 fully saturated rings. The second-order valence-electron chi connectivity index (χ2n) is 6.56. The molecule has 3 aromatic rings. The summed E-state index contributed by atoms with van der Waals surface area (Å²) in [7, 11) is 0. The zero-order chi connectivity index (χ0) is 19.7. The minimum atomic E-state index is -0.173. The summed E-state index contributed by atoms with van der Waals surface area (Å²) < 4.78 is 12.1. The van der Waals surface area contributed by atoms with Gasteiger partial charge in [0, 0.05) is 18.0 Å². The Balaban J connectivity index is 1.52. The molecule has 1 amide bonds. The van der Waals surface area contributed by atoms with Gasteiger partial charge in [-0.1, -0.05) is 13.0 Å². The quantitative estimate of drug-likeness (QED) is 0.637. The van der Waals surface area contributed by atoms with E-state index < -0.39 is 0 Å². The molecule has 0 atom stereocenters. The van der Waals surface area contributed by atoms with Crippen molar-refractivity contribution in [3.8, 4) is 11.5 Å². The largest absolute Gasteiger partial charge is 0.454 e. The molecule has 4 rings (SSSR count). The van der Waals surface area contributed by atoms with Crippen LogP contribution in [0.3, 0.4) is 0 Å². The first-order valence-electron chi connectivity index (χ1n) is 9.23. The number of aromatic nitrogens is 2. The van der Waals surface area contributed by atoms with Gasteiger partial charge < -0.3 is 14.4 Å². The zero-order valence-electron chi connectivity index (χ0n) is 15.8. The van der Waals surface area contributed by atoms with Crippen molar-refractivity contribution < 1.29 is 14.3 Å². The third-order valence-electron chi connectivity index (χ3n) is 4.77. The zero-order valence-corrected chi connectivity index (χ0v) is 16.6. The topological polar surface area (TPSA) is 73.7 Å². The summed E-state index contributed by atoms with van der Waals surface area (Å²) in [4.78, 5) is 33.4. The molecule has 0 radical (unpaired) electrons. The first-order chi connectivity index (χ1) is 13.6. The van der Waals surface area contributed by atoms with E-state index in [2.05, 4.69) is 4.98 Å². The Bertz CT molecular complexity index is 1090. The van der Waals surface area contributed by atoms with Crippen LogP contribution in [0.2, 0.25) is 0 Å². The summed E-state index contributed by atoms with van der Waals surface area (Å²) in [5.41, 5.74) is 0.777. The lowest BCUT2D eigenvalue weighted by atomic mass is 10.2. The summed E-state index contributed by atoms with van der Waals surface area (Å²) in [5.74, 6) is 1.27. The Morgan fingerprint density at radius 1 is 1.25 bits per heavy atom. The molecular weight excluding hydrogens is 378 g/mol. The monoisotopic (exact) mass is 399 g/mol. The molecule has 1 aliphatic heterocycles. The minimum absolute atomic E-state index is 0.0303. The second-order valence-corrected chi connectivity index (χ2v) is 7.67. The normalized spacial score (nSPS) is 12.5. The lowest BCUT2D eigenvalue weighted by molar-refractivity contribution is -0.132. The molecule has 0 saturated carbocycles. The average molecular weight is 399 g/mol. The van der Waals surface area contributed by atoms with Gasteiger partial charge in [-0.25, -0.2) is 4.98 Å². The van der Waals surface area contributed by atoms with Gasteiger partial charge >= 0.3 is 0 Å². The number of hydrogen-bond acceptors (Lipinski definition) is 6. The fourth-order valence-electron chi connectivity index (χ4n) is 3.18. The van der Waals surface area contributed by atoms with Gasteiger partial charge in [0.2, 0.25) is 12.7 Å². The van der Waals surface area contributed by atoms with Crippen molar-refractivity contribution in [3.63, 3.8) is 0 Å². The number of benzene rings is 1. The lowest BCUT2D eigenvalue weighted by Gasteiger charge is -2.21. The maximum absolute atomic E-state index is 12.8. The fourth-order valence-corrected chi connectivity index (χ4v) is 4.10. The number of hydrogen-bond donors (Lipinski definition) is 0. The Kier molecular flexibility index (Phi) is 5.04. The number of carbonyl (C=O) groups excluding carboxylic acids is 1. The number of likely N-dealkylation sites (N-methyl/N-ethyl adjacent to an activating group) is 1. The first-order valence-corrected chi connectivity index (χ1v) is 10.0. The molecule has 3 heterocycles. The van der Waals surface area contributed by atoms with Crippen molar-refractivity contribution >= 4 is 27.5 Å². The first kappa shape index (κ1) is 18.5. The van der Waals surface area contributed by atoms with Crippen LogP contribution < -0.4 is 15.0 Å². The van der Waals surface area contributed by atoms with Crippen LogP contribution in [0.1, 0.15) is 24.3 Å². The lowest BCUT2D eigenvalue weighted by Crippen LogP contribution is -2.36. The van der Waals surface area contributed by atoms with Gasteiger partial charge in [-0.2, -0.15) is 0 Å². The smallest absolute Gasteiger partial charge is 0.262 e. The molecule has 1 aromatic carbocycles. The van der Waals surface area contributed by atoms with Gasteiger partial charge in [0.15, 0.2) is 11.5 Å². The van der Waals surface area contributed by atoms with Crippen molar-refractivity contribution in [3.05, 3.63) is 51.4 Å². The maximum Gasteiger partial charge on any atom is 0.262 e. The van der Waals surface area contributed by atoms with E-state index in [0.717, 1.165) is 21.7 Å². The van der Waals surface area contributed by atoms with Crippen molar-refractivity contribution in [2.45, 2.75) is 33.4 Å². The van der Waals surface area contributed by atoms with Crippen LogP contribution in [0.4, 0.5) is 0 Å². The minimum Gasteiger partial charge on any atom is -0.454 e. The van der Waals surface area contributed by atoms with Gasteiger partial charge in [0.05, 0.1) is 11.7 Å². The Morgan fingerprint density at radius 3 is 2.86 bits per heavy atom. The number of rotatable bonds is 6. The van der Waals surface area contributed by atoms with E-state index in [9.17, 15) is 9.59 Å². The van der Waals surface area contributed by atoms with Crippen LogP contribution >= 0.6 is 11.3 Å². The number of thiophene rings is 1. The molecule has 8 heteroatoms. The van der Waals surface area contributed by atoms with E-state index >= 15 is 0 Å². The number of ether oxygens (including phenoxy) is 2. The Hall–Kier alpha value is -2.87. The highest BCUT2D eigenvalue weighted by Crippen LogP contribution is 2.32. The summed E-state index contributed by atoms with van der Waals surface area (Å²) >= 11 is 1.52. The standard InChI is InChI=1S/C20H21N3O4S/c1-3-14-8-15-19(28-14)21-11-23(20(15)25)10-18(24)22(4-2)9-13-5-6-16-17(7-13)27-12-26-16/h5-8,11H,3-4,9-10,12H2,1-2H3. The highest BCUT2D eigenvalue weighted by atomic mass is 32.1. The molecule has 146 valence electrons. The number of aryl methyl sites for hydroxylation is 1. The van der Waals surface area contributed by atoms with Crippen molar-refractivity contribution in [2.75, 3.05) is 13.3 Å². The van der Waals surface area contributed by atoms with Crippen LogP contribution in [0, 0.1) is 0 Å². The van der Waals surface area contributed by atoms with E-state index in [1.165, 1.54) is 22.2 Å². The van der Waals surface area contributed by atoms with Gasteiger partial charge in [-0.3, -0.25) is 14.2 Å². The molecular formula is C20H21N3O4S. The van der Waals surface area contributed by atoms with E-state index in [1.807, 2.05) is 38.1 Å². The summed E-state index contributed by atoms with van der Waals surface area (Å²) in [5, 5.41) is 0.580. The van der Waals surface area contributed by atoms with Gasteiger partial charge in [0.1, 0.15) is 11.4 Å². The predicted octanol–water partition coefficient (Wildman–Crippen LogP) is 2.80. The average Bonchev–Trinajstić information content (AvgIpc) is 3.34. The molecule has 0 bridgehead atoms. The van der Waals surface area contributed by atoms with E-state index in [1.54, 1.807) is 4.90 Å². The van der Waals surface area contributed by atoms with Gasteiger partial charge in [0.25, 0.3) is 5.56 Å². The van der Waals surface area contributed by atoms with Crippen LogP contribution in [-0.2, 0) is 24.3 Å². The third-order valence-corrected chi connectivity index (χ3v) is 5.96. The summed E-state index contributed by atoms with van der Waals surface area (Å²) in [6.45, 7) is 5.13. The maximum atomic E-state index is 12.8. The third kappa shape index (κ3) is 3.47. The second kappa shape index (κ2) is 7.63. The summed E-state index contributed by atoms with van der Waals surface area (Å²) in [6.07, 6.45) is 2.32. The van der Waals surface area contributed by atoms with E-state index in [-0.39, 0.29) is 24.8 Å². The van der Waals surface area contributed by atoms with Gasteiger partial charge in [-0.15, -0.1) is 11.3 Å². The van der Waals surface area contributed by atoms with Crippen molar-refractivity contribution in [2.24, 2.45) is 0 Å². The molecule has 0 aliphatic carbocycles. The molecule has 0 saturated heterocycles. The van der Waals surface area contributed by atoms with Crippen molar-refractivity contribution in [1.29, 1.82) is 0 Å². The molecule has 0 spiro atoms. The van der Waals surface area contributed by atoms with Crippen molar-refractivity contribution in [1.82, 2.24) is 14.5 Å². The Morgan fingerprint density at radius 2 is 2.07 bits per heavy atom. The number of fused-ring (bicyclic) bond motifs is 2. The van der Waals surface area contributed by atoms with Crippen LogP contribution in [0.15, 0.2) is 35.4 Å². The molecule has 2 aromatic heterocycles. The molecule has 0 unspecified atom stereocenters. The van der Waals surface area contributed by atoms with Crippen LogP contribution in [0.25, 0.3) is 10.2 Å². The number of carbonyl (C=O) groups is 1. The number of amides is 1. The van der Waals surface area contributed by atoms with E-state index in [4.69, 9.17) is 9.47 Å². The Labute approximate surface area is 166 Å². The SMILES string of the molecule is CCc1cc2c(=O)n(CC(=O)N(CC)Cc3ccc4c(c3)OCO4)cnc2s1. The predicted molar refractivity (Wildman–Crippen MR) is 107 cm³/mol. The van der Waals surface area contributed by atoms with Crippen LogP contribution in [-0.4, -0.2) is 33.7 Å². The molecule has 0 N–H and O–H groups in total. The van der Waals surface area contributed by atoms with Gasteiger partial charge in [-0.05, 0) is 37.1 Å².